The number of aliphatic hydroxyl groups is 3. The molecule has 2 aromatic heterocycles. The third kappa shape index (κ3) is 1.78. The van der Waals surface area contributed by atoms with Gasteiger partial charge in [-0.25, -0.2) is 4.98 Å². The quantitative estimate of drug-likeness (QED) is 0.373. The third-order valence-corrected chi connectivity index (χ3v) is 3.24. The first-order valence-corrected chi connectivity index (χ1v) is 5.87. The molecule has 1 fully saturated rings. The standard InChI is InChI=1S/C10H13N5O5/c11-10-13-7-4(8(19)14-10)12-2-15(7)9-6(18)5(17)3(1-16)20-9/h2-3,5-6,9,16-18H,1H2,(H3,11,13,14,19)/t3-,5-,6-,9-/m1/s1/i10+0,11+1,13+1,14+1. The first-order valence-electron chi connectivity index (χ1n) is 5.87. The molecule has 108 valence electrons. The van der Waals surface area contributed by atoms with Crippen LogP contribution in [0.15, 0.2) is 11.1 Å². The molecule has 10 heteroatoms. The van der Waals surface area contributed by atoms with Crippen LogP contribution in [0.2, 0.25) is 0 Å². The minimum Gasteiger partial charge on any atom is -0.394 e. The number of fused-ring (bicyclic) bond motifs is 1. The molecule has 6 N–H and O–H groups in total. The summed E-state index contributed by atoms with van der Waals surface area (Å²) in [5.41, 5.74) is 5.12. The number of aromatic amines is 1. The maximum absolute atomic E-state index is 11.7. The normalized spacial score (nSPS) is 30.1. The highest BCUT2D eigenvalue weighted by atomic mass is 16.6. The van der Waals surface area contributed by atoms with Crippen LogP contribution in [-0.2, 0) is 4.74 Å². The van der Waals surface area contributed by atoms with Gasteiger partial charge in [0.1, 0.15) is 18.3 Å². The summed E-state index contributed by atoms with van der Waals surface area (Å²) in [6, 6.07) is 0. The minimum absolute atomic E-state index is 0.0388. The van der Waals surface area contributed by atoms with Crippen LogP contribution in [0, 0.1) is 0 Å². The molecule has 1 saturated heterocycles. The van der Waals surface area contributed by atoms with Gasteiger partial charge in [-0.3, -0.25) is 14.3 Å². The predicted octanol–water partition coefficient (Wildman–Crippen LogP) is -2.69. The molecule has 1 aliphatic heterocycles. The van der Waals surface area contributed by atoms with Crippen LogP contribution in [0.1, 0.15) is 6.23 Å². The second kappa shape index (κ2) is 4.52. The lowest BCUT2D eigenvalue weighted by Gasteiger charge is -2.16. The van der Waals surface area contributed by atoms with E-state index < -0.39 is 36.7 Å². The van der Waals surface area contributed by atoms with Gasteiger partial charge in [-0.05, 0) is 0 Å². The van der Waals surface area contributed by atoms with Gasteiger partial charge in [0.25, 0.3) is 5.56 Å². The molecule has 3 rings (SSSR count). The smallest absolute Gasteiger partial charge is 0.280 e. The van der Waals surface area contributed by atoms with Crippen LogP contribution in [0.5, 0.6) is 0 Å². The largest absolute Gasteiger partial charge is 0.394 e. The Bertz CT molecular complexity index is 697. The number of imidazole rings is 1. The van der Waals surface area contributed by atoms with Crippen molar-refractivity contribution in [3.8, 4) is 0 Å². The summed E-state index contributed by atoms with van der Waals surface area (Å²) in [6.45, 7) is -0.447. The van der Waals surface area contributed by atoms with E-state index in [1.807, 2.05) is 0 Å². The number of hydrogen-bond donors (Lipinski definition) is 5. The average molecular weight is 286 g/mol. The molecule has 2 aromatic rings. The number of aromatic nitrogens is 4. The Morgan fingerprint density at radius 2 is 2.20 bits per heavy atom. The maximum Gasteiger partial charge on any atom is 0.280 e. The lowest BCUT2D eigenvalue weighted by molar-refractivity contribution is -0.0511. The minimum atomic E-state index is -1.29. The Kier molecular flexibility index (Phi) is 2.94. The van der Waals surface area contributed by atoms with Crippen molar-refractivity contribution < 1.29 is 20.1 Å². The van der Waals surface area contributed by atoms with E-state index in [1.165, 1.54) is 10.9 Å². The number of anilines is 1. The Balaban J connectivity index is 2.09. The number of nitrogens with two attached hydrogens (primary N) is 1. The molecular weight excluding hydrogens is 273 g/mol. The Morgan fingerprint density at radius 1 is 1.45 bits per heavy atom. The molecule has 0 aliphatic carbocycles. The monoisotopic (exact) mass is 286 g/mol. The third-order valence-electron chi connectivity index (χ3n) is 3.24. The topological polar surface area (TPSA) is 160 Å². The van der Waals surface area contributed by atoms with Crippen LogP contribution >= 0.6 is 0 Å². The fraction of sp³-hybridized carbons (Fsp3) is 0.500. The SMILES string of the molecule is [15NH2][12c]1[15n]c2c(ncn2[C@@H]2O[C@H](CO)[C@@H](O)[C@H]2O)c(=O)[15nH]1. The fourth-order valence-corrected chi connectivity index (χ4v) is 2.24. The van der Waals surface area contributed by atoms with Crippen molar-refractivity contribution in [3.63, 3.8) is 0 Å². The number of H-pyrrole nitrogens is 1. The van der Waals surface area contributed by atoms with Crippen LogP contribution in [0.3, 0.4) is 0 Å². The van der Waals surface area contributed by atoms with Gasteiger partial charge in [0.15, 0.2) is 17.4 Å². The number of nitrogens with one attached hydrogen (secondary N) is 1. The first kappa shape index (κ1) is 13.0. The van der Waals surface area contributed by atoms with Gasteiger partial charge in [0.05, 0.1) is 12.9 Å². The van der Waals surface area contributed by atoms with Crippen LogP contribution in [-0.4, -0.2) is 59.8 Å². The lowest BCUT2D eigenvalue weighted by atomic mass is 10.1. The fourth-order valence-electron chi connectivity index (χ4n) is 2.24. The molecule has 0 aromatic carbocycles. The van der Waals surface area contributed by atoms with Crippen LogP contribution in [0.4, 0.5) is 5.95 Å². The molecule has 20 heavy (non-hydrogen) atoms. The van der Waals surface area contributed by atoms with E-state index in [4.69, 9.17) is 15.6 Å². The summed E-state index contributed by atoms with van der Waals surface area (Å²) in [6.07, 6.45) is -3.21. The Hall–Kier alpha value is -2.01. The number of rotatable bonds is 2. The van der Waals surface area contributed by atoms with Crippen LogP contribution < -0.4 is 11.3 Å². The molecular formula is C10H13N5O5. The molecule has 0 bridgehead atoms. The highest BCUT2D eigenvalue weighted by Gasteiger charge is 2.44. The second-order valence-corrected chi connectivity index (χ2v) is 4.50. The summed E-state index contributed by atoms with van der Waals surface area (Å²) < 4.78 is 6.64. The molecule has 0 amide bonds. The predicted molar refractivity (Wildman–Crippen MR) is 65.6 cm³/mol. The van der Waals surface area contributed by atoms with Gasteiger partial charge in [-0.1, -0.05) is 0 Å². The molecule has 0 saturated carbocycles. The maximum atomic E-state index is 11.7. The molecule has 3 heterocycles. The van der Waals surface area contributed by atoms with Crippen LogP contribution in [0.25, 0.3) is 11.2 Å². The van der Waals surface area contributed by atoms with Gasteiger partial charge in [-0.2, -0.15) is 4.98 Å². The summed E-state index contributed by atoms with van der Waals surface area (Å²) in [4.78, 5) is 21.8. The summed E-state index contributed by atoms with van der Waals surface area (Å²) in [5, 5.41) is 28.7. The summed E-state index contributed by atoms with van der Waals surface area (Å²) in [5.74, 6) is -0.101. The van der Waals surface area contributed by atoms with E-state index in [-0.39, 0.29) is 17.1 Å². The molecule has 0 radical (unpaired) electrons. The van der Waals surface area contributed by atoms with E-state index in [0.29, 0.717) is 0 Å². The molecule has 0 unspecified atom stereocenters. The number of nitrogen functional groups attached to an aromatic ring is 1. The molecule has 10 nitrogen and oxygen atoms in total. The van der Waals surface area contributed by atoms with Gasteiger partial charge >= 0.3 is 0 Å². The number of ether oxygens (including phenoxy) is 1. The second-order valence-electron chi connectivity index (χ2n) is 4.50. The zero-order chi connectivity index (χ0) is 14.4. The number of nitrogens with zero attached hydrogens (tertiary/aromatic N) is 3. The highest BCUT2D eigenvalue weighted by molar-refractivity contribution is 5.70. The molecule has 4 atom stereocenters. The van der Waals surface area contributed by atoms with Crippen molar-refractivity contribution in [2.75, 3.05) is 12.3 Å². The molecule has 1 aliphatic rings. The zero-order valence-electron chi connectivity index (χ0n) is 10.2. The average Bonchev–Trinajstić information content (AvgIpc) is 2.93. The summed E-state index contributed by atoms with van der Waals surface area (Å²) in [7, 11) is 0. The number of hydrogen-bond acceptors (Lipinski definition) is 8. The van der Waals surface area contributed by atoms with Gasteiger partial charge in [0, 0.05) is 0 Å². The first-order chi connectivity index (χ1) is 9.52. The van der Waals surface area contributed by atoms with Crippen molar-refractivity contribution in [2.24, 2.45) is 0 Å². The van der Waals surface area contributed by atoms with E-state index >= 15 is 0 Å². The summed E-state index contributed by atoms with van der Waals surface area (Å²) >= 11 is 0. The van der Waals surface area contributed by atoms with E-state index in [2.05, 4.69) is 15.0 Å². The van der Waals surface area contributed by atoms with E-state index in [1.54, 1.807) is 0 Å². The van der Waals surface area contributed by atoms with Crippen molar-refractivity contribution in [1.82, 2.24) is 19.5 Å². The number of aliphatic hydroxyl groups excluding tert-OH is 3. The Morgan fingerprint density at radius 3 is 2.85 bits per heavy atom. The van der Waals surface area contributed by atoms with E-state index in [9.17, 15) is 15.0 Å². The molecule has 0 spiro atoms. The Labute approximate surface area is 111 Å². The van der Waals surface area contributed by atoms with Crippen molar-refractivity contribution in [1.29, 1.82) is 0 Å². The lowest BCUT2D eigenvalue weighted by Crippen LogP contribution is -2.33. The van der Waals surface area contributed by atoms with Crippen molar-refractivity contribution >= 4 is 17.1 Å². The van der Waals surface area contributed by atoms with Crippen molar-refractivity contribution in [2.45, 2.75) is 24.5 Å². The van der Waals surface area contributed by atoms with Gasteiger partial charge in [0.2, 0.25) is 5.95 Å². The highest BCUT2D eigenvalue weighted by Crippen LogP contribution is 2.30. The zero-order valence-corrected chi connectivity index (χ0v) is 10.2. The van der Waals surface area contributed by atoms with Gasteiger partial charge in [-0.15, -0.1) is 0 Å². The van der Waals surface area contributed by atoms with Crippen molar-refractivity contribution in [3.05, 3.63) is 16.7 Å². The van der Waals surface area contributed by atoms with E-state index in [0.717, 1.165) is 0 Å². The van der Waals surface area contributed by atoms with Gasteiger partial charge < -0.3 is 25.8 Å².